The third-order valence-corrected chi connectivity index (χ3v) is 3.74. The molecule has 0 aliphatic rings. The average Bonchev–Trinajstić information content (AvgIpc) is 2.72. The Labute approximate surface area is 116 Å². The lowest BCUT2D eigenvalue weighted by molar-refractivity contribution is 0.332. The van der Waals surface area contributed by atoms with E-state index in [2.05, 4.69) is 53.4 Å². The van der Waals surface area contributed by atoms with E-state index < -0.39 is 0 Å². The first kappa shape index (κ1) is 14.1. The van der Waals surface area contributed by atoms with Crippen LogP contribution in [0.1, 0.15) is 17.7 Å². The van der Waals surface area contributed by atoms with Crippen LogP contribution in [0.5, 0.6) is 0 Å². The summed E-state index contributed by atoms with van der Waals surface area (Å²) in [6.07, 6.45) is 2.33. The Bertz CT molecular complexity index is 516. The molecule has 2 aromatic rings. The molecule has 1 aromatic carbocycles. The highest BCUT2D eigenvalue weighted by Gasteiger charge is 2.08. The Morgan fingerprint density at radius 2 is 2.00 bits per heavy atom. The number of para-hydroxylation sites is 1. The van der Waals surface area contributed by atoms with Gasteiger partial charge in [0, 0.05) is 23.1 Å². The van der Waals surface area contributed by atoms with E-state index in [0.29, 0.717) is 0 Å². The summed E-state index contributed by atoms with van der Waals surface area (Å²) >= 11 is 0. The van der Waals surface area contributed by atoms with E-state index in [1.54, 1.807) is 0 Å². The third-order valence-electron chi connectivity index (χ3n) is 3.74. The van der Waals surface area contributed by atoms with Crippen molar-refractivity contribution in [3.63, 3.8) is 0 Å². The van der Waals surface area contributed by atoms with Gasteiger partial charge in [0.2, 0.25) is 0 Å². The summed E-state index contributed by atoms with van der Waals surface area (Å²) in [4.78, 5) is 5.89. The monoisotopic (exact) mass is 259 g/mol. The van der Waals surface area contributed by atoms with Crippen LogP contribution in [0.4, 0.5) is 0 Å². The smallest absolute Gasteiger partial charge is 0.0458 e. The number of hydrogen-bond acceptors (Lipinski definition) is 2. The maximum Gasteiger partial charge on any atom is 0.0458 e. The van der Waals surface area contributed by atoms with Crippen molar-refractivity contribution in [2.45, 2.75) is 19.8 Å². The van der Waals surface area contributed by atoms with Crippen LogP contribution >= 0.6 is 0 Å². The van der Waals surface area contributed by atoms with Gasteiger partial charge in [-0.15, -0.1) is 0 Å². The van der Waals surface area contributed by atoms with Crippen LogP contribution in [-0.4, -0.2) is 43.6 Å². The van der Waals surface area contributed by atoms with Gasteiger partial charge in [-0.25, -0.2) is 0 Å². The molecule has 3 nitrogen and oxygen atoms in total. The van der Waals surface area contributed by atoms with Gasteiger partial charge in [0.05, 0.1) is 0 Å². The highest BCUT2D eigenvalue weighted by atomic mass is 15.1. The number of likely N-dealkylation sites (N-methyl/N-ethyl adjacent to an activating group) is 1. The van der Waals surface area contributed by atoms with E-state index >= 15 is 0 Å². The SMILES string of the molecule is CNCCCN(C)CCc1c(C)[nH]c2ccccc12. The van der Waals surface area contributed by atoms with Gasteiger partial charge in [-0.2, -0.15) is 0 Å². The quantitative estimate of drug-likeness (QED) is 0.749. The Kier molecular flexibility index (Phi) is 5.00. The molecule has 0 fully saturated rings. The summed E-state index contributed by atoms with van der Waals surface area (Å²) in [6.45, 7) is 5.54. The van der Waals surface area contributed by atoms with Crippen LogP contribution in [-0.2, 0) is 6.42 Å². The van der Waals surface area contributed by atoms with Gasteiger partial charge < -0.3 is 15.2 Å². The average molecular weight is 259 g/mol. The summed E-state index contributed by atoms with van der Waals surface area (Å²) in [5.74, 6) is 0. The second kappa shape index (κ2) is 6.73. The van der Waals surface area contributed by atoms with Crippen molar-refractivity contribution >= 4 is 10.9 Å². The predicted octanol–water partition coefficient (Wildman–Crippen LogP) is 2.56. The van der Waals surface area contributed by atoms with E-state index in [0.717, 1.165) is 26.1 Å². The first-order chi connectivity index (χ1) is 9.22. The van der Waals surface area contributed by atoms with Crippen molar-refractivity contribution in [1.29, 1.82) is 0 Å². The largest absolute Gasteiger partial charge is 0.358 e. The Morgan fingerprint density at radius 3 is 2.79 bits per heavy atom. The first-order valence-electron chi connectivity index (χ1n) is 7.11. The summed E-state index contributed by atoms with van der Waals surface area (Å²) < 4.78 is 0. The fourth-order valence-corrected chi connectivity index (χ4v) is 2.60. The molecule has 0 aliphatic carbocycles. The van der Waals surface area contributed by atoms with Crippen molar-refractivity contribution < 1.29 is 0 Å². The molecule has 0 unspecified atom stereocenters. The fourth-order valence-electron chi connectivity index (χ4n) is 2.60. The molecule has 1 heterocycles. The first-order valence-corrected chi connectivity index (χ1v) is 7.11. The highest BCUT2D eigenvalue weighted by molar-refractivity contribution is 5.84. The number of aromatic nitrogens is 1. The van der Waals surface area contributed by atoms with Gasteiger partial charge in [0.25, 0.3) is 0 Å². The van der Waals surface area contributed by atoms with Gasteiger partial charge in [-0.3, -0.25) is 0 Å². The minimum absolute atomic E-state index is 1.09. The van der Waals surface area contributed by atoms with E-state index in [4.69, 9.17) is 0 Å². The molecule has 0 aliphatic heterocycles. The molecule has 0 saturated carbocycles. The van der Waals surface area contributed by atoms with Crippen LogP contribution in [0.2, 0.25) is 0 Å². The number of benzene rings is 1. The molecule has 0 atom stereocenters. The van der Waals surface area contributed by atoms with Crippen LogP contribution < -0.4 is 5.32 Å². The summed E-state index contributed by atoms with van der Waals surface area (Å²) in [6, 6.07) is 8.58. The molecule has 19 heavy (non-hydrogen) atoms. The maximum atomic E-state index is 3.47. The zero-order valence-electron chi connectivity index (χ0n) is 12.3. The molecular formula is C16H25N3. The van der Waals surface area contributed by atoms with Gasteiger partial charge in [0.15, 0.2) is 0 Å². The normalized spacial score (nSPS) is 11.6. The zero-order valence-corrected chi connectivity index (χ0v) is 12.3. The summed E-state index contributed by atoms with van der Waals surface area (Å²) in [5, 5.41) is 4.57. The van der Waals surface area contributed by atoms with E-state index in [9.17, 15) is 0 Å². The molecule has 0 spiro atoms. The second-order valence-corrected chi connectivity index (χ2v) is 5.28. The minimum Gasteiger partial charge on any atom is -0.358 e. The maximum absolute atomic E-state index is 3.47. The Morgan fingerprint density at radius 1 is 1.21 bits per heavy atom. The van der Waals surface area contributed by atoms with Crippen LogP contribution in [0.15, 0.2) is 24.3 Å². The molecule has 1 aromatic heterocycles. The van der Waals surface area contributed by atoms with Crippen molar-refractivity contribution in [3.8, 4) is 0 Å². The number of hydrogen-bond donors (Lipinski definition) is 2. The molecule has 0 saturated heterocycles. The lowest BCUT2D eigenvalue weighted by atomic mass is 10.1. The number of rotatable bonds is 7. The topological polar surface area (TPSA) is 31.1 Å². The lowest BCUT2D eigenvalue weighted by Gasteiger charge is -2.16. The molecule has 2 N–H and O–H groups in total. The number of aryl methyl sites for hydroxylation is 1. The van der Waals surface area contributed by atoms with Crippen molar-refractivity contribution in [2.75, 3.05) is 33.7 Å². The van der Waals surface area contributed by atoms with Gasteiger partial charge in [-0.05, 0) is 58.6 Å². The van der Waals surface area contributed by atoms with Gasteiger partial charge >= 0.3 is 0 Å². The molecule has 3 heteroatoms. The number of aromatic amines is 1. The fraction of sp³-hybridized carbons (Fsp3) is 0.500. The van der Waals surface area contributed by atoms with Gasteiger partial charge in [-0.1, -0.05) is 18.2 Å². The second-order valence-electron chi connectivity index (χ2n) is 5.28. The lowest BCUT2D eigenvalue weighted by Crippen LogP contribution is -2.25. The number of H-pyrrole nitrogens is 1. The zero-order chi connectivity index (χ0) is 13.7. The molecule has 104 valence electrons. The molecule has 0 amide bonds. The van der Waals surface area contributed by atoms with Gasteiger partial charge in [0.1, 0.15) is 0 Å². The standard InChI is InChI=1S/C16H25N3/c1-13-14(9-12-19(3)11-6-10-17-2)15-7-4-5-8-16(15)18-13/h4-5,7-8,17-18H,6,9-12H2,1-3H3. The van der Waals surface area contributed by atoms with Crippen molar-refractivity contribution in [1.82, 2.24) is 15.2 Å². The van der Waals surface area contributed by atoms with Crippen LogP contribution in [0.3, 0.4) is 0 Å². The Hall–Kier alpha value is -1.32. The predicted molar refractivity (Wildman–Crippen MR) is 82.8 cm³/mol. The number of fused-ring (bicyclic) bond motifs is 1. The molecule has 0 radical (unpaired) electrons. The van der Waals surface area contributed by atoms with E-state index in [1.807, 2.05) is 7.05 Å². The molecule has 2 rings (SSSR count). The number of nitrogens with one attached hydrogen (secondary N) is 2. The molecule has 0 bridgehead atoms. The summed E-state index contributed by atoms with van der Waals surface area (Å²) in [5.41, 5.74) is 4.04. The molecular weight excluding hydrogens is 234 g/mol. The highest BCUT2D eigenvalue weighted by Crippen LogP contribution is 2.22. The third kappa shape index (κ3) is 3.58. The number of nitrogens with zero attached hydrogens (tertiary/aromatic N) is 1. The van der Waals surface area contributed by atoms with Crippen molar-refractivity contribution in [2.24, 2.45) is 0 Å². The van der Waals surface area contributed by atoms with E-state index in [-0.39, 0.29) is 0 Å². The minimum atomic E-state index is 1.09. The summed E-state index contributed by atoms with van der Waals surface area (Å²) in [7, 11) is 4.22. The van der Waals surface area contributed by atoms with Crippen molar-refractivity contribution in [3.05, 3.63) is 35.5 Å². The van der Waals surface area contributed by atoms with Crippen LogP contribution in [0.25, 0.3) is 10.9 Å². The van der Waals surface area contributed by atoms with E-state index in [1.165, 1.54) is 28.6 Å². The Balaban J connectivity index is 1.96. The van der Waals surface area contributed by atoms with Crippen LogP contribution in [0, 0.1) is 6.92 Å².